The van der Waals surface area contributed by atoms with Crippen LogP contribution in [0.4, 0.5) is 0 Å². The van der Waals surface area contributed by atoms with Crippen LogP contribution < -0.4 is 0 Å². The number of esters is 1. The Hall–Kier alpha value is 0.430. The molecule has 0 heterocycles. The van der Waals surface area contributed by atoms with Gasteiger partial charge in [0.1, 0.15) is 4.32 Å². The average molecular weight is 328 g/mol. The summed E-state index contributed by atoms with van der Waals surface area (Å²) in [5.74, 6) is -0.0670. The van der Waals surface area contributed by atoms with Crippen molar-refractivity contribution < 1.29 is 9.53 Å². The van der Waals surface area contributed by atoms with Gasteiger partial charge in [0.2, 0.25) is 0 Å². The highest BCUT2D eigenvalue weighted by atomic mass is 79.9. The van der Waals surface area contributed by atoms with E-state index in [2.05, 4.69) is 31.9 Å². The minimum Gasteiger partial charge on any atom is -0.465 e. The fraction of sp³-hybridized carbons (Fsp3) is 0.900. The molecule has 1 aliphatic rings. The fourth-order valence-electron chi connectivity index (χ4n) is 1.36. The van der Waals surface area contributed by atoms with E-state index in [0.29, 0.717) is 6.61 Å². The molecule has 0 spiro atoms. The first-order valence-electron chi connectivity index (χ1n) is 5.11. The van der Waals surface area contributed by atoms with Crippen LogP contribution in [-0.4, -0.2) is 22.2 Å². The van der Waals surface area contributed by atoms with Gasteiger partial charge in [-0.25, -0.2) is 0 Å². The van der Waals surface area contributed by atoms with Crippen molar-refractivity contribution in [2.45, 2.75) is 42.8 Å². The third-order valence-electron chi connectivity index (χ3n) is 2.52. The summed E-state index contributed by atoms with van der Waals surface area (Å²) in [5.41, 5.74) is 0. The summed E-state index contributed by atoms with van der Waals surface area (Å²) in [6.45, 7) is 0.569. The number of unbranched alkanes of at least 4 members (excludes halogenated alkanes) is 2. The average Bonchev–Trinajstić information content (AvgIpc) is 2.13. The molecule has 0 radical (unpaired) electrons. The van der Waals surface area contributed by atoms with E-state index >= 15 is 0 Å². The summed E-state index contributed by atoms with van der Waals surface area (Å²) in [5, 5.41) is 1.03. The largest absolute Gasteiger partial charge is 0.465 e. The molecule has 0 unspecified atom stereocenters. The lowest BCUT2D eigenvalue weighted by Crippen LogP contribution is -2.40. The summed E-state index contributed by atoms with van der Waals surface area (Å²) in [6.07, 6.45) is 6.22. The second kappa shape index (κ2) is 6.11. The minimum absolute atomic E-state index is 0.0670. The zero-order chi connectivity index (χ0) is 10.4. The van der Waals surface area contributed by atoms with E-state index in [1.165, 1.54) is 0 Å². The second-order valence-corrected chi connectivity index (χ2v) is 6.02. The van der Waals surface area contributed by atoms with Gasteiger partial charge >= 0.3 is 5.97 Å². The first-order chi connectivity index (χ1) is 6.69. The van der Waals surface area contributed by atoms with Gasteiger partial charge in [-0.3, -0.25) is 4.79 Å². The number of ether oxygens (including phenoxy) is 1. The predicted octanol–water partition coefficient (Wildman–Crippen LogP) is 3.41. The van der Waals surface area contributed by atoms with Crippen LogP contribution in [0.2, 0.25) is 0 Å². The molecular weight excluding hydrogens is 312 g/mol. The molecule has 1 rings (SSSR count). The number of carbonyl (C=O) groups is 1. The summed E-state index contributed by atoms with van der Waals surface area (Å²) in [6, 6.07) is 0. The third-order valence-corrected chi connectivity index (χ3v) is 4.20. The molecule has 1 saturated carbocycles. The van der Waals surface area contributed by atoms with Gasteiger partial charge in [0.05, 0.1) is 6.61 Å². The van der Waals surface area contributed by atoms with Crippen molar-refractivity contribution in [1.82, 2.24) is 0 Å². The molecule has 0 aliphatic heterocycles. The van der Waals surface area contributed by atoms with E-state index in [0.717, 1.165) is 43.9 Å². The maximum atomic E-state index is 11.5. The molecule has 0 aromatic heterocycles. The molecule has 0 bridgehead atoms. The Morgan fingerprint density at radius 3 is 2.50 bits per heavy atom. The van der Waals surface area contributed by atoms with E-state index in [9.17, 15) is 4.79 Å². The SMILES string of the molecule is O=C(OCCCCCBr)C1(Br)CCC1. The Kier molecular flexibility index (Phi) is 5.45. The molecule has 0 aromatic rings. The van der Waals surface area contributed by atoms with Gasteiger partial charge in [-0.05, 0) is 38.5 Å². The molecular formula is C10H16Br2O2. The van der Waals surface area contributed by atoms with Crippen molar-refractivity contribution in [2.24, 2.45) is 0 Å². The van der Waals surface area contributed by atoms with Gasteiger partial charge < -0.3 is 4.74 Å². The van der Waals surface area contributed by atoms with Crippen LogP contribution in [0, 0.1) is 0 Å². The van der Waals surface area contributed by atoms with Crippen LogP contribution in [0.25, 0.3) is 0 Å². The maximum absolute atomic E-state index is 11.5. The van der Waals surface area contributed by atoms with Gasteiger partial charge in [-0.2, -0.15) is 0 Å². The van der Waals surface area contributed by atoms with E-state index in [-0.39, 0.29) is 10.3 Å². The van der Waals surface area contributed by atoms with Gasteiger partial charge in [0.25, 0.3) is 0 Å². The Balaban J connectivity index is 2.03. The number of hydrogen-bond acceptors (Lipinski definition) is 2. The number of alkyl halides is 2. The fourth-order valence-corrected chi connectivity index (χ4v) is 2.43. The standard InChI is InChI=1S/C10H16Br2O2/c11-7-2-1-3-8-14-9(13)10(12)5-4-6-10/h1-8H2. The molecule has 0 atom stereocenters. The lowest BCUT2D eigenvalue weighted by molar-refractivity contribution is -0.148. The molecule has 0 N–H and O–H groups in total. The highest BCUT2D eigenvalue weighted by Crippen LogP contribution is 2.41. The quantitative estimate of drug-likeness (QED) is 0.424. The van der Waals surface area contributed by atoms with Gasteiger partial charge in [0.15, 0.2) is 0 Å². The lowest BCUT2D eigenvalue weighted by atomic mass is 9.85. The van der Waals surface area contributed by atoms with Crippen molar-refractivity contribution in [3.8, 4) is 0 Å². The second-order valence-electron chi connectivity index (χ2n) is 3.70. The molecule has 1 aliphatic carbocycles. The Labute approximate surface area is 102 Å². The smallest absolute Gasteiger partial charge is 0.322 e. The number of halogens is 2. The number of rotatable bonds is 6. The van der Waals surface area contributed by atoms with Crippen LogP contribution >= 0.6 is 31.9 Å². The maximum Gasteiger partial charge on any atom is 0.322 e. The van der Waals surface area contributed by atoms with Crippen LogP contribution in [-0.2, 0) is 9.53 Å². The van der Waals surface area contributed by atoms with Crippen molar-refractivity contribution in [3.63, 3.8) is 0 Å². The summed E-state index contributed by atoms with van der Waals surface area (Å²) in [7, 11) is 0. The van der Waals surface area contributed by atoms with E-state index in [4.69, 9.17) is 4.74 Å². The van der Waals surface area contributed by atoms with Crippen molar-refractivity contribution in [3.05, 3.63) is 0 Å². The molecule has 0 amide bonds. The first kappa shape index (κ1) is 12.5. The Morgan fingerprint density at radius 2 is 2.00 bits per heavy atom. The van der Waals surface area contributed by atoms with Crippen LogP contribution in [0.1, 0.15) is 38.5 Å². The molecule has 0 aromatic carbocycles. The molecule has 82 valence electrons. The highest BCUT2D eigenvalue weighted by molar-refractivity contribution is 9.10. The van der Waals surface area contributed by atoms with E-state index < -0.39 is 0 Å². The topological polar surface area (TPSA) is 26.3 Å². The van der Waals surface area contributed by atoms with Crippen molar-refractivity contribution in [1.29, 1.82) is 0 Å². The zero-order valence-corrected chi connectivity index (χ0v) is 11.4. The van der Waals surface area contributed by atoms with Gasteiger partial charge in [-0.1, -0.05) is 31.9 Å². The zero-order valence-electron chi connectivity index (χ0n) is 8.23. The van der Waals surface area contributed by atoms with Gasteiger partial charge in [-0.15, -0.1) is 0 Å². The first-order valence-corrected chi connectivity index (χ1v) is 7.02. The predicted molar refractivity (Wildman–Crippen MR) is 64.1 cm³/mol. The Bertz CT molecular complexity index is 191. The normalized spacial score (nSPS) is 18.7. The monoisotopic (exact) mass is 326 g/mol. The lowest BCUT2D eigenvalue weighted by Gasteiger charge is -2.33. The summed E-state index contributed by atoms with van der Waals surface area (Å²) >= 11 is 6.80. The molecule has 1 fully saturated rings. The molecule has 4 heteroatoms. The van der Waals surface area contributed by atoms with Crippen LogP contribution in [0.5, 0.6) is 0 Å². The van der Waals surface area contributed by atoms with E-state index in [1.807, 2.05) is 0 Å². The molecule has 14 heavy (non-hydrogen) atoms. The third kappa shape index (κ3) is 3.54. The number of hydrogen-bond donors (Lipinski definition) is 0. The highest BCUT2D eigenvalue weighted by Gasteiger charge is 2.42. The summed E-state index contributed by atoms with van der Waals surface area (Å²) < 4.78 is 4.86. The number of carbonyl (C=O) groups excluding carboxylic acids is 1. The van der Waals surface area contributed by atoms with E-state index in [1.54, 1.807) is 0 Å². The van der Waals surface area contributed by atoms with Crippen LogP contribution in [0.15, 0.2) is 0 Å². The Morgan fingerprint density at radius 1 is 1.29 bits per heavy atom. The van der Waals surface area contributed by atoms with Gasteiger partial charge in [0, 0.05) is 5.33 Å². The van der Waals surface area contributed by atoms with Crippen molar-refractivity contribution >= 4 is 37.8 Å². The van der Waals surface area contributed by atoms with Crippen molar-refractivity contribution in [2.75, 3.05) is 11.9 Å². The summed E-state index contributed by atoms with van der Waals surface area (Å²) in [4.78, 5) is 11.5. The molecule has 2 nitrogen and oxygen atoms in total. The minimum atomic E-state index is -0.331. The van der Waals surface area contributed by atoms with Crippen LogP contribution in [0.3, 0.4) is 0 Å². The molecule has 0 saturated heterocycles.